The maximum absolute atomic E-state index is 8.84. The highest BCUT2D eigenvalue weighted by atomic mass is 35.5. The predicted octanol–water partition coefficient (Wildman–Crippen LogP) is 1.32. The number of aliphatic hydroxyl groups excluding tert-OH is 1. The number of piperidine rings is 1. The molecule has 0 aliphatic carbocycles. The van der Waals surface area contributed by atoms with Gasteiger partial charge in [0.25, 0.3) is 0 Å². The van der Waals surface area contributed by atoms with E-state index in [1.54, 1.807) is 0 Å². The summed E-state index contributed by atoms with van der Waals surface area (Å²) in [6, 6.07) is 1.03. The lowest BCUT2D eigenvalue weighted by atomic mass is 9.97. The largest absolute Gasteiger partial charge is 0.395 e. The van der Waals surface area contributed by atoms with Gasteiger partial charge in [0.05, 0.1) is 6.61 Å². The Morgan fingerprint density at radius 2 is 2.00 bits per heavy atom. The zero-order valence-electron chi connectivity index (χ0n) is 7.05. The van der Waals surface area contributed by atoms with Crippen LogP contribution in [0.5, 0.6) is 0 Å². The van der Waals surface area contributed by atoms with Gasteiger partial charge in [-0.05, 0) is 19.3 Å². The first-order valence-corrected chi connectivity index (χ1v) is 4.23. The van der Waals surface area contributed by atoms with Crippen LogP contribution in [0, 0.1) is 0 Å². The summed E-state index contributed by atoms with van der Waals surface area (Å²) >= 11 is 0. The van der Waals surface area contributed by atoms with Gasteiger partial charge in [0.2, 0.25) is 0 Å². The lowest BCUT2D eigenvalue weighted by Gasteiger charge is -2.28. The van der Waals surface area contributed by atoms with Gasteiger partial charge < -0.3 is 10.4 Å². The molecular formula is C8H18ClNO. The first kappa shape index (κ1) is 11.2. The fraction of sp³-hybridized carbons (Fsp3) is 1.00. The number of hydrogen-bond donors (Lipinski definition) is 2. The molecule has 0 bridgehead atoms. The highest BCUT2D eigenvalue weighted by molar-refractivity contribution is 5.85. The smallest absolute Gasteiger partial charge is 0.0584 e. The van der Waals surface area contributed by atoms with Crippen LogP contribution in [0.4, 0.5) is 0 Å². The van der Waals surface area contributed by atoms with E-state index in [9.17, 15) is 0 Å². The molecule has 11 heavy (non-hydrogen) atoms. The fourth-order valence-corrected chi connectivity index (χ4v) is 1.58. The van der Waals surface area contributed by atoms with E-state index in [1.807, 2.05) is 0 Å². The van der Waals surface area contributed by atoms with Gasteiger partial charge in [0, 0.05) is 12.1 Å². The first-order chi connectivity index (χ1) is 4.86. The van der Waals surface area contributed by atoms with E-state index < -0.39 is 0 Å². The monoisotopic (exact) mass is 179 g/mol. The molecule has 0 aromatic rings. The standard InChI is InChI=1S/C8H17NO.ClH/c1-2-7-4-3-5-8(6-10)9-7;/h7-10H,2-6H2,1H3;1H/t7-,8-;/m1./s1. The Hall–Kier alpha value is 0.210. The van der Waals surface area contributed by atoms with Gasteiger partial charge in [-0.15, -0.1) is 12.4 Å². The molecule has 3 heteroatoms. The molecule has 0 spiro atoms. The van der Waals surface area contributed by atoms with Crippen molar-refractivity contribution in [1.29, 1.82) is 0 Å². The molecule has 1 fully saturated rings. The molecule has 0 saturated carbocycles. The van der Waals surface area contributed by atoms with Crippen molar-refractivity contribution >= 4 is 12.4 Å². The highest BCUT2D eigenvalue weighted by Crippen LogP contribution is 2.13. The Morgan fingerprint density at radius 3 is 2.55 bits per heavy atom. The summed E-state index contributed by atoms with van der Waals surface area (Å²) < 4.78 is 0. The van der Waals surface area contributed by atoms with E-state index in [1.165, 1.54) is 19.3 Å². The van der Waals surface area contributed by atoms with Crippen molar-refractivity contribution in [3.63, 3.8) is 0 Å². The summed E-state index contributed by atoms with van der Waals surface area (Å²) in [5.41, 5.74) is 0. The second kappa shape index (κ2) is 5.81. The molecule has 0 aromatic heterocycles. The van der Waals surface area contributed by atoms with Gasteiger partial charge in [-0.1, -0.05) is 13.3 Å². The lowest BCUT2D eigenvalue weighted by Crippen LogP contribution is -2.43. The molecule has 68 valence electrons. The van der Waals surface area contributed by atoms with E-state index in [-0.39, 0.29) is 12.4 Å². The molecule has 2 N–H and O–H groups in total. The molecule has 1 aliphatic heterocycles. The van der Waals surface area contributed by atoms with Gasteiger partial charge in [-0.2, -0.15) is 0 Å². The second-order valence-electron chi connectivity index (χ2n) is 3.08. The Labute approximate surface area is 74.8 Å². The predicted molar refractivity (Wildman–Crippen MR) is 49.2 cm³/mol. The van der Waals surface area contributed by atoms with Gasteiger partial charge >= 0.3 is 0 Å². The normalized spacial score (nSPS) is 31.1. The maximum atomic E-state index is 8.84. The molecule has 2 nitrogen and oxygen atoms in total. The van der Waals surface area contributed by atoms with Gasteiger partial charge in [-0.3, -0.25) is 0 Å². The molecule has 1 rings (SSSR count). The van der Waals surface area contributed by atoms with E-state index in [0.717, 1.165) is 6.42 Å². The van der Waals surface area contributed by atoms with Crippen LogP contribution in [0.15, 0.2) is 0 Å². The minimum atomic E-state index is 0. The number of halogens is 1. The first-order valence-electron chi connectivity index (χ1n) is 4.23. The van der Waals surface area contributed by atoms with Crippen molar-refractivity contribution in [2.75, 3.05) is 6.61 Å². The summed E-state index contributed by atoms with van der Waals surface area (Å²) in [7, 11) is 0. The van der Waals surface area contributed by atoms with Crippen LogP contribution in [0.25, 0.3) is 0 Å². The van der Waals surface area contributed by atoms with Crippen molar-refractivity contribution < 1.29 is 5.11 Å². The number of rotatable bonds is 2. The van der Waals surface area contributed by atoms with Crippen LogP contribution in [0.2, 0.25) is 0 Å². The van der Waals surface area contributed by atoms with E-state index >= 15 is 0 Å². The lowest BCUT2D eigenvalue weighted by molar-refractivity contribution is 0.196. The third-order valence-corrected chi connectivity index (χ3v) is 2.29. The molecule has 1 aliphatic rings. The zero-order valence-corrected chi connectivity index (χ0v) is 7.86. The van der Waals surface area contributed by atoms with Crippen molar-refractivity contribution in [2.45, 2.75) is 44.7 Å². The minimum Gasteiger partial charge on any atom is -0.395 e. The van der Waals surface area contributed by atoms with Crippen LogP contribution in [0.3, 0.4) is 0 Å². The molecular weight excluding hydrogens is 162 g/mol. The van der Waals surface area contributed by atoms with Crippen LogP contribution in [-0.2, 0) is 0 Å². The molecule has 2 atom stereocenters. The fourth-order valence-electron chi connectivity index (χ4n) is 1.58. The third kappa shape index (κ3) is 3.41. The maximum Gasteiger partial charge on any atom is 0.0584 e. The number of aliphatic hydroxyl groups is 1. The van der Waals surface area contributed by atoms with Crippen molar-refractivity contribution in [3.05, 3.63) is 0 Å². The molecule has 0 amide bonds. The number of nitrogens with one attached hydrogen (secondary N) is 1. The number of hydrogen-bond acceptors (Lipinski definition) is 2. The van der Waals surface area contributed by atoms with Crippen LogP contribution >= 0.6 is 12.4 Å². The molecule has 1 heterocycles. The minimum absolute atomic E-state index is 0. The Kier molecular flexibility index (Phi) is 5.92. The quantitative estimate of drug-likeness (QED) is 0.671. The summed E-state index contributed by atoms with van der Waals surface area (Å²) in [5, 5.41) is 12.2. The third-order valence-electron chi connectivity index (χ3n) is 2.29. The van der Waals surface area contributed by atoms with E-state index in [2.05, 4.69) is 12.2 Å². The highest BCUT2D eigenvalue weighted by Gasteiger charge is 2.17. The van der Waals surface area contributed by atoms with Gasteiger partial charge in [-0.25, -0.2) is 0 Å². The van der Waals surface area contributed by atoms with Gasteiger partial charge in [0.15, 0.2) is 0 Å². The van der Waals surface area contributed by atoms with Gasteiger partial charge in [0.1, 0.15) is 0 Å². The Bertz CT molecular complexity index is 90.1. The van der Waals surface area contributed by atoms with E-state index in [0.29, 0.717) is 18.7 Å². The van der Waals surface area contributed by atoms with E-state index in [4.69, 9.17) is 5.11 Å². The topological polar surface area (TPSA) is 32.3 Å². The van der Waals surface area contributed by atoms with Crippen molar-refractivity contribution in [3.8, 4) is 0 Å². The van der Waals surface area contributed by atoms with Crippen LogP contribution < -0.4 is 5.32 Å². The summed E-state index contributed by atoms with van der Waals surface area (Å²) in [6.07, 6.45) is 4.90. The molecule has 0 aromatic carbocycles. The SMILES string of the molecule is CC[C@@H]1CCC[C@H](CO)N1.Cl. The Morgan fingerprint density at radius 1 is 1.36 bits per heavy atom. The molecule has 0 unspecified atom stereocenters. The summed E-state index contributed by atoms with van der Waals surface area (Å²) in [6.45, 7) is 2.49. The molecule has 0 radical (unpaired) electrons. The Balaban J connectivity index is 0.000001000. The van der Waals surface area contributed by atoms with Crippen LogP contribution in [-0.4, -0.2) is 23.8 Å². The summed E-state index contributed by atoms with van der Waals surface area (Å²) in [4.78, 5) is 0. The van der Waals surface area contributed by atoms with Crippen molar-refractivity contribution in [2.24, 2.45) is 0 Å². The molecule has 1 saturated heterocycles. The van der Waals surface area contributed by atoms with Crippen molar-refractivity contribution in [1.82, 2.24) is 5.32 Å². The average Bonchev–Trinajstić information content (AvgIpc) is 2.05. The average molecular weight is 180 g/mol. The zero-order chi connectivity index (χ0) is 7.40. The second-order valence-corrected chi connectivity index (χ2v) is 3.08. The summed E-state index contributed by atoms with van der Waals surface area (Å²) in [5.74, 6) is 0. The van der Waals surface area contributed by atoms with Crippen LogP contribution in [0.1, 0.15) is 32.6 Å².